The van der Waals surface area contributed by atoms with Crippen LogP contribution >= 0.6 is 0 Å². The Morgan fingerprint density at radius 3 is 2.19 bits per heavy atom. The third-order valence-electron chi connectivity index (χ3n) is 4.97. The molecule has 0 saturated heterocycles. The molecule has 0 bridgehead atoms. The number of halogens is 3. The quantitative estimate of drug-likeness (QED) is 0.265. The van der Waals surface area contributed by atoms with E-state index in [0.29, 0.717) is 27.9 Å². The van der Waals surface area contributed by atoms with Crippen LogP contribution < -0.4 is 25.8 Å². The second kappa shape index (κ2) is 11.5. The largest absolute Gasteiger partial charge is 0.495 e. The van der Waals surface area contributed by atoms with Crippen molar-refractivity contribution in [1.29, 1.82) is 0 Å². The van der Waals surface area contributed by atoms with E-state index in [2.05, 4.69) is 20.6 Å². The number of carbonyl (C=O) groups excluding carboxylic acids is 1. The highest BCUT2D eigenvalue weighted by atomic mass is 19.4. The Bertz CT molecular complexity index is 1390. The average Bonchev–Trinajstić information content (AvgIpc) is 2.85. The Morgan fingerprint density at radius 2 is 1.54 bits per heavy atom. The molecule has 0 aliphatic carbocycles. The van der Waals surface area contributed by atoms with Crippen LogP contribution in [0.3, 0.4) is 0 Å². The van der Waals surface area contributed by atoms with Gasteiger partial charge in [0, 0.05) is 22.5 Å². The monoisotopic (exact) mass is 513 g/mol. The zero-order chi connectivity index (χ0) is 27.2. The van der Waals surface area contributed by atoms with Crippen LogP contribution in [-0.2, 0) is 6.18 Å². The zero-order valence-electron chi connectivity index (χ0n) is 20.6. The van der Waals surface area contributed by atoms with Crippen LogP contribution in [0.15, 0.2) is 60.7 Å². The molecule has 0 aliphatic rings. The van der Waals surface area contributed by atoms with E-state index in [4.69, 9.17) is 15.2 Å². The first-order valence-corrected chi connectivity index (χ1v) is 11.3. The minimum atomic E-state index is -4.57. The van der Waals surface area contributed by atoms with Crippen LogP contribution in [-0.4, -0.2) is 23.1 Å². The van der Waals surface area contributed by atoms with E-state index in [0.717, 1.165) is 18.2 Å². The van der Waals surface area contributed by atoms with Crippen LogP contribution in [0.1, 0.15) is 25.1 Å². The maximum atomic E-state index is 13.1. The molecule has 37 heavy (non-hydrogen) atoms. The second-order valence-electron chi connectivity index (χ2n) is 7.46. The molecule has 0 aliphatic heterocycles. The smallest absolute Gasteiger partial charge is 0.416 e. The molecule has 2 amide bonds. The number of fused-ring (bicyclic) bond motifs is 1. The molecule has 4 rings (SSSR count). The number of methoxy groups -OCH3 is 1. The Kier molecular flexibility index (Phi) is 8.38. The van der Waals surface area contributed by atoms with Crippen LogP contribution in [0.4, 0.5) is 35.3 Å². The van der Waals surface area contributed by atoms with Crippen molar-refractivity contribution in [2.45, 2.75) is 26.9 Å². The molecule has 4 N–H and O–H groups in total. The first-order chi connectivity index (χ1) is 17.6. The maximum absolute atomic E-state index is 13.1. The average molecular weight is 514 g/mol. The Balaban J connectivity index is 0.00000186. The number of nitrogen functional groups attached to an aromatic ring is 1. The molecule has 3 aromatic carbocycles. The van der Waals surface area contributed by atoms with Gasteiger partial charge >= 0.3 is 12.2 Å². The number of hydrogen-bond acceptors (Lipinski definition) is 6. The Morgan fingerprint density at radius 1 is 0.892 bits per heavy atom. The highest BCUT2D eigenvalue weighted by molar-refractivity contribution is 6.08. The maximum Gasteiger partial charge on any atom is 0.416 e. The Hall–Kier alpha value is -4.54. The molecular formula is C26H26F3N5O3. The molecule has 0 saturated carbocycles. The highest BCUT2D eigenvalue weighted by Gasteiger charge is 2.31. The lowest BCUT2D eigenvalue weighted by Crippen LogP contribution is -2.20. The van der Waals surface area contributed by atoms with Gasteiger partial charge in [0.25, 0.3) is 0 Å². The molecular weight excluding hydrogens is 487 g/mol. The summed E-state index contributed by atoms with van der Waals surface area (Å²) >= 11 is 0. The van der Waals surface area contributed by atoms with Crippen LogP contribution in [0, 0.1) is 6.92 Å². The van der Waals surface area contributed by atoms with Gasteiger partial charge < -0.3 is 25.8 Å². The summed E-state index contributed by atoms with van der Waals surface area (Å²) in [5.41, 5.74) is 5.70. The molecule has 0 atom stereocenters. The fourth-order valence-electron chi connectivity index (χ4n) is 3.45. The molecule has 1 aromatic heterocycles. The van der Waals surface area contributed by atoms with Crippen LogP contribution in [0.25, 0.3) is 10.8 Å². The van der Waals surface area contributed by atoms with Crippen molar-refractivity contribution in [1.82, 2.24) is 9.97 Å². The zero-order valence-corrected chi connectivity index (χ0v) is 20.6. The number of benzene rings is 3. The fraction of sp³-hybridized carbons (Fsp3) is 0.192. The summed E-state index contributed by atoms with van der Waals surface area (Å²) in [6.45, 7) is 5.76. The summed E-state index contributed by atoms with van der Waals surface area (Å²) in [6.07, 6.45) is -4.57. The molecule has 194 valence electrons. The number of nitrogens with two attached hydrogens (primary N) is 1. The molecule has 0 radical (unpaired) electrons. The Labute approximate surface area is 211 Å². The van der Waals surface area contributed by atoms with Crippen molar-refractivity contribution in [3.05, 3.63) is 71.9 Å². The van der Waals surface area contributed by atoms with Crippen molar-refractivity contribution >= 4 is 34.1 Å². The lowest BCUT2D eigenvalue weighted by atomic mass is 10.1. The van der Waals surface area contributed by atoms with Gasteiger partial charge in [0.15, 0.2) is 0 Å². The number of ether oxygens (including phenoxy) is 2. The number of urea groups is 1. The van der Waals surface area contributed by atoms with Gasteiger partial charge in [-0.15, -0.1) is 0 Å². The number of nitrogens with one attached hydrogen (secondary N) is 2. The summed E-state index contributed by atoms with van der Waals surface area (Å²) in [6, 6.07) is 14.1. The van der Waals surface area contributed by atoms with Gasteiger partial charge in [-0.1, -0.05) is 38.1 Å². The number of nitrogens with zero attached hydrogens (tertiary/aromatic N) is 2. The normalized spacial score (nSPS) is 10.8. The van der Waals surface area contributed by atoms with Gasteiger partial charge in [0.1, 0.15) is 11.5 Å². The van der Waals surface area contributed by atoms with Gasteiger partial charge in [-0.2, -0.15) is 18.2 Å². The summed E-state index contributed by atoms with van der Waals surface area (Å²) in [5.74, 6) is 0.879. The number of aryl methyl sites for hydroxylation is 1. The minimum absolute atomic E-state index is 0.0734. The van der Waals surface area contributed by atoms with Gasteiger partial charge in [-0.05, 0) is 37.3 Å². The minimum Gasteiger partial charge on any atom is -0.495 e. The van der Waals surface area contributed by atoms with Crippen molar-refractivity contribution < 1.29 is 27.4 Å². The van der Waals surface area contributed by atoms with E-state index in [-0.39, 0.29) is 23.3 Å². The predicted octanol–water partition coefficient (Wildman–Crippen LogP) is 7.01. The lowest BCUT2D eigenvalue weighted by molar-refractivity contribution is -0.137. The number of alkyl halides is 3. The van der Waals surface area contributed by atoms with Crippen molar-refractivity contribution in [2.24, 2.45) is 0 Å². The number of aromatic nitrogens is 2. The van der Waals surface area contributed by atoms with Crippen molar-refractivity contribution in [3.8, 4) is 17.4 Å². The van der Waals surface area contributed by atoms with Crippen molar-refractivity contribution in [3.63, 3.8) is 0 Å². The van der Waals surface area contributed by atoms with E-state index < -0.39 is 17.8 Å². The molecule has 1 heterocycles. The van der Waals surface area contributed by atoms with Gasteiger partial charge in [-0.3, -0.25) is 0 Å². The predicted molar refractivity (Wildman–Crippen MR) is 137 cm³/mol. The number of rotatable bonds is 5. The first kappa shape index (κ1) is 27.1. The molecule has 8 nitrogen and oxygen atoms in total. The number of hydrogen-bond donors (Lipinski definition) is 3. The number of amides is 2. The van der Waals surface area contributed by atoms with Crippen LogP contribution in [0.5, 0.6) is 17.4 Å². The topological polar surface area (TPSA) is 111 Å². The first-order valence-electron chi connectivity index (χ1n) is 11.3. The summed E-state index contributed by atoms with van der Waals surface area (Å²) in [4.78, 5) is 20.8. The fourth-order valence-corrected chi connectivity index (χ4v) is 3.45. The van der Waals surface area contributed by atoms with Gasteiger partial charge in [0.2, 0.25) is 11.8 Å². The van der Waals surface area contributed by atoms with E-state index in [1.807, 2.05) is 13.8 Å². The summed E-state index contributed by atoms with van der Waals surface area (Å²) in [5, 5.41) is 6.38. The van der Waals surface area contributed by atoms with Crippen LogP contribution in [0.2, 0.25) is 0 Å². The SMILES string of the molecule is CC.COc1ccc(C(F)(F)F)cc1NC(=O)Nc1ccc(Oc2cc(C)nc(N)n2)c2ccccc12. The molecule has 0 spiro atoms. The van der Waals surface area contributed by atoms with Crippen molar-refractivity contribution in [2.75, 3.05) is 23.5 Å². The van der Waals surface area contributed by atoms with E-state index in [1.165, 1.54) is 7.11 Å². The van der Waals surface area contributed by atoms with E-state index in [9.17, 15) is 18.0 Å². The highest BCUT2D eigenvalue weighted by Crippen LogP contribution is 2.36. The number of carbonyl (C=O) groups is 1. The molecule has 11 heteroatoms. The van der Waals surface area contributed by atoms with Gasteiger partial charge in [-0.25, -0.2) is 9.78 Å². The standard InChI is InChI=1S/C24H20F3N5O3.C2H6/c1-13-11-21(32-22(28)29-13)35-19-10-8-17(15-5-3-4-6-16(15)19)30-23(33)31-18-12-14(24(25,26)27)7-9-20(18)34-2;1-2/h3-12H,1-2H3,(H2,28,29,32)(H2,30,31,33);1-2H3. The lowest BCUT2D eigenvalue weighted by Gasteiger charge is -2.16. The van der Waals surface area contributed by atoms with Gasteiger partial charge in [0.05, 0.1) is 24.0 Å². The number of anilines is 3. The molecule has 0 fully saturated rings. The third kappa shape index (κ3) is 6.57. The molecule has 0 unspecified atom stereocenters. The third-order valence-corrected chi connectivity index (χ3v) is 4.97. The van der Waals surface area contributed by atoms with E-state index >= 15 is 0 Å². The summed E-state index contributed by atoms with van der Waals surface area (Å²) in [7, 11) is 1.30. The summed E-state index contributed by atoms with van der Waals surface area (Å²) < 4.78 is 50.3. The van der Waals surface area contributed by atoms with E-state index in [1.54, 1.807) is 49.4 Å². The second-order valence-corrected chi connectivity index (χ2v) is 7.46. The molecule has 4 aromatic rings.